The molecular formula is C31H56O. The first-order valence-electron chi connectivity index (χ1n) is 14.3. The van der Waals surface area contributed by atoms with Crippen molar-refractivity contribution in [1.82, 2.24) is 0 Å². The lowest BCUT2D eigenvalue weighted by Crippen LogP contribution is -2.53. The van der Waals surface area contributed by atoms with Gasteiger partial charge < -0.3 is 5.48 Å². The number of hydrogen-bond donors (Lipinski definition) is 0. The van der Waals surface area contributed by atoms with Crippen molar-refractivity contribution in [3.63, 3.8) is 0 Å². The summed E-state index contributed by atoms with van der Waals surface area (Å²) in [4.78, 5) is 0. The van der Waals surface area contributed by atoms with Crippen molar-refractivity contribution < 1.29 is 6.90 Å². The molecule has 3 saturated carbocycles. The molecule has 0 aliphatic heterocycles. The van der Waals surface area contributed by atoms with Crippen molar-refractivity contribution in [3.8, 4) is 0 Å². The summed E-state index contributed by atoms with van der Waals surface area (Å²) < 4.78 is 0. The van der Waals surface area contributed by atoms with Crippen molar-refractivity contribution in [2.45, 2.75) is 130 Å². The van der Waals surface area contributed by atoms with Crippen LogP contribution < -0.4 is 0 Å². The zero-order valence-corrected chi connectivity index (χ0v) is 22.0. The Bertz CT molecular complexity index is 668. The van der Waals surface area contributed by atoms with Crippen LogP contribution in [0.25, 0.3) is 0 Å². The van der Waals surface area contributed by atoms with Crippen molar-refractivity contribution in [3.05, 3.63) is 23.8 Å². The molecule has 32 heavy (non-hydrogen) atoms. The lowest BCUT2D eigenvalue weighted by atomic mass is 9.44. The molecule has 1 nitrogen and oxygen atoms in total. The van der Waals surface area contributed by atoms with E-state index in [0.717, 1.165) is 29.6 Å². The molecule has 4 aliphatic carbocycles. The smallest absolute Gasteiger partial charge is 0 e. The van der Waals surface area contributed by atoms with Gasteiger partial charge in [-0.3, -0.25) is 0 Å². The summed E-state index contributed by atoms with van der Waals surface area (Å²) in [5.74, 6) is 4.84. The summed E-state index contributed by atoms with van der Waals surface area (Å²) in [7, 11) is 0. The Kier molecular flexibility index (Phi) is 8.79. The van der Waals surface area contributed by atoms with Crippen molar-refractivity contribution in [2.75, 3.05) is 0 Å². The van der Waals surface area contributed by atoms with Crippen LogP contribution in [-0.2, 0) is 0 Å². The van der Waals surface area contributed by atoms with Crippen LogP contribution in [0, 0.1) is 40.4 Å². The molecule has 3 fully saturated rings. The molecule has 1 heteroatoms. The van der Waals surface area contributed by atoms with Gasteiger partial charge in [-0.2, -0.15) is 0 Å². The summed E-state index contributed by atoms with van der Waals surface area (Å²) >= 11 is 0. The Morgan fingerprint density at radius 2 is 1.62 bits per heavy atom. The molecule has 0 aromatic carbocycles. The summed E-state index contributed by atoms with van der Waals surface area (Å²) in [6, 6.07) is 0. The quantitative estimate of drug-likeness (QED) is 0.317. The number of hydrogen-bond acceptors (Lipinski definition) is 0. The second-order valence-electron chi connectivity index (χ2n) is 12.8. The molecule has 4 aliphatic rings. The highest BCUT2D eigenvalue weighted by molar-refractivity contribution is 5.34. The number of fused-ring (bicyclic) bond motifs is 5. The predicted octanol–water partition coefficient (Wildman–Crippen LogP) is 9.32. The fourth-order valence-corrected chi connectivity index (χ4v) is 8.89. The van der Waals surface area contributed by atoms with Gasteiger partial charge in [-0.05, 0) is 91.8 Å². The van der Waals surface area contributed by atoms with Gasteiger partial charge in [0.2, 0.25) is 0 Å². The van der Waals surface area contributed by atoms with E-state index in [4.69, 9.17) is 0 Å². The molecular weight excluding hydrogens is 388 g/mol. The topological polar surface area (TPSA) is 31.5 Å². The summed E-state index contributed by atoms with van der Waals surface area (Å²) in [6.07, 6.45) is 25.7. The number of unbranched alkanes of at least 4 members (excludes halogenated alkanes) is 7. The molecule has 0 radical (unpaired) electrons. The Balaban J connectivity index is 0.00000193. The zero-order chi connectivity index (χ0) is 22.1. The van der Waals surface area contributed by atoms with Crippen LogP contribution in [0.1, 0.15) is 132 Å². The number of rotatable bonds is 9. The molecule has 3 unspecified atom stereocenters. The minimum Gasteiger partial charge on any atom is -0.412 e. The van der Waals surface area contributed by atoms with E-state index in [-0.39, 0.29) is 6.90 Å². The van der Waals surface area contributed by atoms with Crippen LogP contribution in [0.4, 0.5) is 0 Å². The molecule has 0 bridgehead atoms. The van der Waals surface area contributed by atoms with Gasteiger partial charge in [-0.1, -0.05) is 103 Å². The maximum atomic E-state index is 4.38. The summed E-state index contributed by atoms with van der Waals surface area (Å²) in [6.45, 7) is 14.6. The first-order chi connectivity index (χ1) is 14.9. The van der Waals surface area contributed by atoms with Crippen molar-refractivity contribution in [2.24, 2.45) is 40.4 Å². The second-order valence-corrected chi connectivity index (χ2v) is 12.8. The number of allylic oxidation sites excluding steroid dienone is 3. The maximum Gasteiger partial charge on any atom is 0 e. The Morgan fingerprint density at radius 1 is 0.938 bits per heavy atom. The Hall–Kier alpha value is -0.560. The highest BCUT2D eigenvalue weighted by atomic mass is 16.0. The fourth-order valence-electron chi connectivity index (χ4n) is 8.89. The van der Waals surface area contributed by atoms with Gasteiger partial charge in [0, 0.05) is 1.43 Å². The van der Waals surface area contributed by atoms with Crippen LogP contribution in [0.5, 0.6) is 0 Å². The van der Waals surface area contributed by atoms with E-state index in [9.17, 15) is 0 Å². The standard InChI is InChI=1S/C31H52.H2O.H2/c1-6-7-8-9-10-11-12-13-14-25-22-26-21-23(2)17-19-31(26,5)28-18-20-30(4)24(3)15-16-27(30)29(25)28;;/h21,24-25,27-29H,2,6-20,22H2,1,3-5H3;1H2;1H/t24-,25+,27?,28?,29?,30+,31-;;/m0../s1. The molecule has 0 spiro atoms. The van der Waals surface area contributed by atoms with Gasteiger partial charge in [0.25, 0.3) is 0 Å². The largest absolute Gasteiger partial charge is 0.412 e. The van der Waals surface area contributed by atoms with Gasteiger partial charge >= 0.3 is 0 Å². The SMILES string of the molecule is C=C1C=C2C[C@@H](CCCCCCCCCC)C3C(CC[C@@]4(C)C3CC[C@@H]4C)[C@@]2(C)CC1.O.[HH]. The average Bonchev–Trinajstić information content (AvgIpc) is 3.05. The fraction of sp³-hybridized carbons (Fsp3) is 0.871. The lowest BCUT2D eigenvalue weighted by molar-refractivity contribution is -0.0775. The molecule has 186 valence electrons. The van der Waals surface area contributed by atoms with Crippen LogP contribution in [0.15, 0.2) is 23.8 Å². The monoisotopic (exact) mass is 444 g/mol. The summed E-state index contributed by atoms with van der Waals surface area (Å²) in [5, 5.41) is 0. The Labute approximate surface area is 201 Å². The first kappa shape index (κ1) is 26.1. The molecule has 7 atom stereocenters. The third-order valence-electron chi connectivity index (χ3n) is 11.2. The van der Waals surface area contributed by atoms with Crippen LogP contribution >= 0.6 is 0 Å². The predicted molar refractivity (Wildman–Crippen MR) is 142 cm³/mol. The zero-order valence-electron chi connectivity index (χ0n) is 22.0. The normalized spacial score (nSPS) is 40.7. The van der Waals surface area contributed by atoms with Gasteiger partial charge in [0.1, 0.15) is 0 Å². The third kappa shape index (κ3) is 4.80. The average molecular weight is 445 g/mol. The highest BCUT2D eigenvalue weighted by Gasteiger charge is 2.60. The van der Waals surface area contributed by atoms with E-state index in [0.29, 0.717) is 10.8 Å². The van der Waals surface area contributed by atoms with Crippen LogP contribution in [0.2, 0.25) is 0 Å². The Morgan fingerprint density at radius 3 is 2.34 bits per heavy atom. The minimum absolute atomic E-state index is 0. The molecule has 0 heterocycles. The van der Waals surface area contributed by atoms with Gasteiger partial charge in [-0.15, -0.1) is 0 Å². The maximum absolute atomic E-state index is 4.38. The van der Waals surface area contributed by atoms with E-state index in [1.54, 1.807) is 0 Å². The second kappa shape index (κ2) is 10.8. The van der Waals surface area contributed by atoms with E-state index in [1.807, 2.05) is 5.57 Å². The molecule has 0 aromatic rings. The van der Waals surface area contributed by atoms with Crippen LogP contribution in [-0.4, -0.2) is 5.48 Å². The van der Waals surface area contributed by atoms with Crippen LogP contribution in [0.3, 0.4) is 0 Å². The first-order valence-corrected chi connectivity index (χ1v) is 14.3. The van der Waals surface area contributed by atoms with E-state index in [1.165, 1.54) is 108 Å². The summed E-state index contributed by atoms with van der Waals surface area (Å²) in [5.41, 5.74) is 4.33. The van der Waals surface area contributed by atoms with Gasteiger partial charge in [-0.25, -0.2) is 0 Å². The highest BCUT2D eigenvalue weighted by Crippen LogP contribution is 2.68. The van der Waals surface area contributed by atoms with E-state index < -0.39 is 0 Å². The molecule has 4 rings (SSSR count). The van der Waals surface area contributed by atoms with E-state index >= 15 is 0 Å². The van der Waals surface area contributed by atoms with Crippen molar-refractivity contribution in [1.29, 1.82) is 0 Å². The van der Waals surface area contributed by atoms with Gasteiger partial charge in [0.05, 0.1) is 0 Å². The van der Waals surface area contributed by atoms with Crippen molar-refractivity contribution >= 4 is 0 Å². The lowest BCUT2D eigenvalue weighted by Gasteiger charge is -2.61. The minimum atomic E-state index is 0. The molecule has 0 amide bonds. The third-order valence-corrected chi connectivity index (χ3v) is 11.2. The molecule has 0 aromatic heterocycles. The molecule has 2 N–H and O–H groups in total. The van der Waals surface area contributed by atoms with Gasteiger partial charge in [0.15, 0.2) is 0 Å². The van der Waals surface area contributed by atoms with E-state index in [2.05, 4.69) is 40.3 Å². The molecule has 0 saturated heterocycles.